The second-order valence-corrected chi connectivity index (χ2v) is 20.5. The van der Waals surface area contributed by atoms with Gasteiger partial charge in [-0.15, -0.1) is 0 Å². The summed E-state index contributed by atoms with van der Waals surface area (Å²) < 4.78 is 23.3. The van der Waals surface area contributed by atoms with Crippen LogP contribution in [-0.2, 0) is 23.7 Å². The molecule has 55 heavy (non-hydrogen) atoms. The van der Waals surface area contributed by atoms with Crippen molar-refractivity contribution in [2.24, 2.45) is 50.2 Å². The molecule has 0 aromatic heterocycles. The van der Waals surface area contributed by atoms with Crippen LogP contribution >= 0.6 is 0 Å². The zero-order valence-electron chi connectivity index (χ0n) is 33.4. The fourth-order valence-corrected chi connectivity index (χ4v) is 13.5. The van der Waals surface area contributed by atoms with Crippen LogP contribution in [0.2, 0.25) is 0 Å². The Hall–Kier alpha value is -1.27. The van der Waals surface area contributed by atoms with Crippen molar-refractivity contribution in [2.75, 3.05) is 13.2 Å². The number of ether oxygens (including phenoxy) is 4. The van der Waals surface area contributed by atoms with Crippen LogP contribution < -0.4 is 0 Å². The van der Waals surface area contributed by atoms with Crippen LogP contribution in [0.1, 0.15) is 99.8 Å². The van der Waals surface area contributed by atoms with Gasteiger partial charge in [0, 0.05) is 0 Å². The molecule has 2 aliphatic heterocycles. The van der Waals surface area contributed by atoms with Gasteiger partial charge >= 0.3 is 5.97 Å². The van der Waals surface area contributed by atoms with Gasteiger partial charge in [0.25, 0.3) is 0 Å². The third-order valence-electron chi connectivity index (χ3n) is 16.8. The Morgan fingerprint density at radius 3 is 2.13 bits per heavy atom. The molecule has 14 heteroatoms. The van der Waals surface area contributed by atoms with Crippen LogP contribution in [0.4, 0.5) is 0 Å². The number of rotatable bonds is 6. The maximum atomic E-state index is 13.1. The summed E-state index contributed by atoms with van der Waals surface area (Å²) in [5.41, 5.74) is -1.85. The summed E-state index contributed by atoms with van der Waals surface area (Å²) in [5, 5.41) is 97.5. The predicted molar refractivity (Wildman–Crippen MR) is 195 cm³/mol. The smallest absolute Gasteiger partial charge is 0.312 e. The molecule has 2 heterocycles. The number of hydrogen-bond donors (Lipinski definition) is 9. The van der Waals surface area contributed by atoms with Crippen LogP contribution in [0.5, 0.6) is 0 Å². The molecule has 9 N–H and O–H groups in total. The van der Waals surface area contributed by atoms with E-state index in [9.17, 15) is 50.8 Å². The van der Waals surface area contributed by atoms with Crippen molar-refractivity contribution in [3.63, 3.8) is 0 Å². The summed E-state index contributed by atoms with van der Waals surface area (Å²) in [7, 11) is 0. The number of aliphatic hydroxyl groups excluding tert-OH is 8. The quantitative estimate of drug-likeness (QED) is 0.137. The Balaban J connectivity index is 1.12. The van der Waals surface area contributed by atoms with E-state index in [1.165, 1.54) is 5.57 Å². The van der Waals surface area contributed by atoms with Crippen LogP contribution in [0, 0.1) is 50.2 Å². The number of carbonyl (C=O) groups is 1. The first-order valence-corrected chi connectivity index (χ1v) is 20.4. The Kier molecular flexibility index (Phi) is 10.6. The molecule has 0 bridgehead atoms. The van der Waals surface area contributed by atoms with Crippen LogP contribution in [-0.4, -0.2) is 139 Å². The Labute approximate surface area is 323 Å². The number of aliphatic hydroxyl groups is 8. The topological polar surface area (TPSA) is 236 Å². The van der Waals surface area contributed by atoms with Gasteiger partial charge in [-0.25, -0.2) is 0 Å². The summed E-state index contributed by atoms with van der Waals surface area (Å²) in [5.74, 6) is -1.01. The van der Waals surface area contributed by atoms with Gasteiger partial charge in [0.05, 0.1) is 31.5 Å². The zero-order chi connectivity index (χ0) is 40.4. The molecular weight excluding hydrogens is 716 g/mol. The lowest BCUT2D eigenvalue weighted by molar-refractivity contribution is -0.349. The fourth-order valence-electron chi connectivity index (χ4n) is 13.5. The summed E-state index contributed by atoms with van der Waals surface area (Å²) in [6.07, 6.45) is -8.86. The molecule has 4 saturated carbocycles. The van der Waals surface area contributed by atoms with Crippen molar-refractivity contribution in [2.45, 2.75) is 173 Å². The maximum absolute atomic E-state index is 13.1. The van der Waals surface area contributed by atoms with Gasteiger partial charge in [-0.1, -0.05) is 60.1 Å². The number of allylic oxidation sites excluding steroid dienone is 2. The van der Waals surface area contributed by atoms with Crippen molar-refractivity contribution in [3.8, 4) is 0 Å². The van der Waals surface area contributed by atoms with Gasteiger partial charge < -0.3 is 64.9 Å². The lowest BCUT2D eigenvalue weighted by atomic mass is 9.33. The summed E-state index contributed by atoms with van der Waals surface area (Å²) in [4.78, 5) is 13.1. The van der Waals surface area contributed by atoms with E-state index in [-0.39, 0.29) is 40.6 Å². The average Bonchev–Trinajstić information content (AvgIpc) is 3.08. The van der Waals surface area contributed by atoms with Gasteiger partial charge in [-0.2, -0.15) is 0 Å². The van der Waals surface area contributed by atoms with Crippen molar-refractivity contribution in [1.82, 2.24) is 0 Å². The van der Waals surface area contributed by atoms with Crippen molar-refractivity contribution in [3.05, 3.63) is 11.6 Å². The first-order chi connectivity index (χ1) is 25.5. The summed E-state index contributed by atoms with van der Waals surface area (Å²) in [6, 6.07) is 0. The molecule has 0 spiro atoms. The first kappa shape index (κ1) is 41.9. The van der Waals surface area contributed by atoms with Gasteiger partial charge in [-0.3, -0.25) is 4.79 Å². The molecule has 2 saturated heterocycles. The normalized spacial score (nSPS) is 54.5. The van der Waals surface area contributed by atoms with Crippen LogP contribution in [0.3, 0.4) is 0 Å². The molecule has 0 radical (unpaired) electrons. The molecule has 7 aliphatic rings. The van der Waals surface area contributed by atoms with E-state index in [2.05, 4.69) is 54.5 Å². The lowest BCUT2D eigenvalue weighted by Gasteiger charge is -2.72. The van der Waals surface area contributed by atoms with E-state index in [0.29, 0.717) is 25.7 Å². The Morgan fingerprint density at radius 1 is 0.782 bits per heavy atom. The molecule has 7 rings (SSSR count). The fraction of sp³-hybridized carbons (Fsp3) is 0.927. The van der Waals surface area contributed by atoms with Gasteiger partial charge in [0.1, 0.15) is 48.1 Å². The van der Waals surface area contributed by atoms with E-state index in [4.69, 9.17) is 18.9 Å². The highest BCUT2D eigenvalue weighted by Crippen LogP contribution is 2.76. The molecule has 0 aromatic rings. The van der Waals surface area contributed by atoms with Gasteiger partial charge in [0.2, 0.25) is 0 Å². The largest absolute Gasteiger partial charge is 0.481 e. The van der Waals surface area contributed by atoms with E-state index < -0.39 is 102 Å². The number of carboxylic acids is 1. The predicted octanol–water partition coefficient (Wildman–Crippen LogP) is 1.46. The molecule has 314 valence electrons. The standard InChI is InChI=1S/C41H66O14/c1-36(2)12-13-41(35(50)51)20(14-36)19-8-9-25-38(5)15-21(42)32(37(3,4)24(38)10-11-39(25,6)40(19,7)16-26(41)44)55-34-31(49)29(47)28(46)23(54-34)18-53-33-30(48)27(45)22(43)17-52-33/h8,20-34,42-49H,9-18H2,1-7H3,(H,50,51)/t20-,21-,22-,23+,24-,25+,26+,27-,28+,29-,30+,31+,32-,33-,34-,38-,39+,40+,41+/m0/s1. The average molecular weight is 783 g/mol. The van der Waals surface area contributed by atoms with Gasteiger partial charge in [-0.05, 0) is 96.2 Å². The number of fused-ring (bicyclic) bond motifs is 7. The molecule has 0 aromatic carbocycles. The third kappa shape index (κ3) is 6.13. The molecular formula is C41H66O14. The summed E-state index contributed by atoms with van der Waals surface area (Å²) in [6.45, 7) is 14.6. The third-order valence-corrected chi connectivity index (χ3v) is 16.8. The molecule has 14 nitrogen and oxygen atoms in total. The Bertz CT molecular complexity index is 1500. The number of aliphatic carboxylic acids is 1. The minimum Gasteiger partial charge on any atom is -0.481 e. The van der Waals surface area contributed by atoms with Crippen LogP contribution in [0.15, 0.2) is 11.6 Å². The van der Waals surface area contributed by atoms with Crippen LogP contribution in [0.25, 0.3) is 0 Å². The highest BCUT2D eigenvalue weighted by atomic mass is 16.7. The van der Waals surface area contributed by atoms with Gasteiger partial charge in [0.15, 0.2) is 12.6 Å². The van der Waals surface area contributed by atoms with Crippen molar-refractivity contribution < 1.29 is 69.7 Å². The maximum Gasteiger partial charge on any atom is 0.312 e. The number of carboxylic acid groups (broad SMARTS) is 1. The monoisotopic (exact) mass is 782 g/mol. The zero-order valence-corrected chi connectivity index (χ0v) is 33.4. The molecule has 6 fully saturated rings. The van der Waals surface area contributed by atoms with E-state index in [1.807, 2.05) is 0 Å². The second kappa shape index (κ2) is 13.9. The minimum absolute atomic E-state index is 0.0481. The number of hydrogen-bond acceptors (Lipinski definition) is 13. The van der Waals surface area contributed by atoms with E-state index >= 15 is 0 Å². The molecule has 0 amide bonds. The van der Waals surface area contributed by atoms with E-state index in [0.717, 1.165) is 25.7 Å². The van der Waals surface area contributed by atoms with E-state index in [1.54, 1.807) is 0 Å². The second-order valence-electron chi connectivity index (χ2n) is 20.5. The lowest BCUT2D eigenvalue weighted by Crippen LogP contribution is -2.69. The summed E-state index contributed by atoms with van der Waals surface area (Å²) >= 11 is 0. The van der Waals surface area contributed by atoms with Crippen molar-refractivity contribution >= 4 is 5.97 Å². The highest BCUT2D eigenvalue weighted by molar-refractivity contribution is 5.77. The first-order valence-electron chi connectivity index (χ1n) is 20.4. The highest BCUT2D eigenvalue weighted by Gasteiger charge is 2.72. The molecule has 0 unspecified atom stereocenters. The van der Waals surface area contributed by atoms with Crippen molar-refractivity contribution in [1.29, 1.82) is 0 Å². The molecule has 19 atom stereocenters. The molecule has 5 aliphatic carbocycles. The SMILES string of the molecule is CC1(C)CC[C@]2(C(=O)O)[C@H](O)C[C@]3(C)C(=CC[C@@H]4[C@@]5(C)C[C@H](O)[C@H](O[C@@H]6O[C@H](CO[C@@H]7OC[C@H](O)[C@H](O)[C@H]7O)[C@@H](O)[C@H](O)[C@H]6O)C(C)(C)[C@@H]5CC[C@]43C)[C@@H]2C1. The minimum atomic E-state index is -1.69. The Morgan fingerprint density at radius 2 is 1.45 bits per heavy atom.